The number of aliphatic imine (C=N–C) groups is 1. The van der Waals surface area contributed by atoms with Crippen LogP contribution >= 0.6 is 0 Å². The van der Waals surface area contributed by atoms with Crippen LogP contribution in [-0.4, -0.2) is 36.8 Å². The number of benzene rings is 1. The first-order valence-corrected chi connectivity index (χ1v) is 6.74. The molecule has 5 nitrogen and oxygen atoms in total. The van der Waals surface area contributed by atoms with Crippen LogP contribution in [0.2, 0.25) is 0 Å². The van der Waals surface area contributed by atoms with E-state index in [9.17, 15) is 4.79 Å². The minimum absolute atomic E-state index is 0.307. The highest BCUT2D eigenvalue weighted by Crippen LogP contribution is 2.31. The molecule has 106 valence electrons. The van der Waals surface area contributed by atoms with E-state index in [2.05, 4.69) is 15.3 Å². The third kappa shape index (κ3) is 2.68. The molecule has 0 saturated carbocycles. The largest absolute Gasteiger partial charge is 0.467 e. The molecule has 21 heavy (non-hydrogen) atoms. The van der Waals surface area contributed by atoms with Crippen LogP contribution < -0.4 is 10.1 Å². The lowest BCUT2D eigenvalue weighted by molar-refractivity contribution is 0.100. The molecule has 0 radical (unpaired) electrons. The van der Waals surface area contributed by atoms with Crippen molar-refractivity contribution in [3.05, 3.63) is 48.2 Å². The molecule has 0 saturated heterocycles. The Morgan fingerprint density at radius 1 is 1.24 bits per heavy atom. The van der Waals surface area contributed by atoms with Crippen molar-refractivity contribution in [1.29, 1.82) is 0 Å². The van der Waals surface area contributed by atoms with E-state index < -0.39 is 0 Å². The third-order valence-corrected chi connectivity index (χ3v) is 3.24. The summed E-state index contributed by atoms with van der Waals surface area (Å²) in [6, 6.07) is 11.5. The first-order chi connectivity index (χ1) is 10.3. The number of ether oxygens (including phenoxy) is 1. The van der Waals surface area contributed by atoms with Crippen molar-refractivity contribution in [3.8, 4) is 17.0 Å². The van der Waals surface area contributed by atoms with Gasteiger partial charge in [0.25, 0.3) is 5.91 Å². The lowest BCUT2D eigenvalue weighted by atomic mass is 10.0. The maximum Gasteiger partial charge on any atom is 0.282 e. The normalized spacial score (nSPS) is 17.0. The van der Waals surface area contributed by atoms with Gasteiger partial charge in [-0.05, 0) is 18.7 Å². The van der Waals surface area contributed by atoms with Gasteiger partial charge in [-0.2, -0.15) is 0 Å². The quantitative estimate of drug-likeness (QED) is 0.934. The predicted molar refractivity (Wildman–Crippen MR) is 80.8 cm³/mol. The maximum absolute atomic E-state index is 12.3. The van der Waals surface area contributed by atoms with Gasteiger partial charge in [-0.15, -0.1) is 0 Å². The van der Waals surface area contributed by atoms with Crippen LogP contribution in [0.3, 0.4) is 0 Å². The zero-order valence-electron chi connectivity index (χ0n) is 11.6. The van der Waals surface area contributed by atoms with E-state index in [0.29, 0.717) is 18.0 Å². The van der Waals surface area contributed by atoms with E-state index in [1.165, 1.54) is 6.21 Å². The molecule has 1 aliphatic heterocycles. The van der Waals surface area contributed by atoms with E-state index >= 15 is 0 Å². The molecule has 3 rings (SSSR count). The van der Waals surface area contributed by atoms with E-state index in [-0.39, 0.29) is 12.0 Å². The molecule has 1 aliphatic rings. The summed E-state index contributed by atoms with van der Waals surface area (Å²) >= 11 is 0. The smallest absolute Gasteiger partial charge is 0.282 e. The number of amides is 1. The Labute approximate surface area is 122 Å². The molecule has 2 aromatic rings. The van der Waals surface area contributed by atoms with E-state index in [0.717, 1.165) is 11.1 Å². The van der Waals surface area contributed by atoms with Crippen LogP contribution in [0.4, 0.5) is 0 Å². The van der Waals surface area contributed by atoms with Crippen molar-refractivity contribution in [3.63, 3.8) is 0 Å². The Hall–Kier alpha value is -2.53. The Morgan fingerprint density at radius 2 is 2.05 bits per heavy atom. The zero-order valence-corrected chi connectivity index (χ0v) is 11.6. The minimum atomic E-state index is -0.324. The van der Waals surface area contributed by atoms with Crippen molar-refractivity contribution in [2.75, 3.05) is 13.6 Å². The topological polar surface area (TPSA) is 63.6 Å². The fourth-order valence-corrected chi connectivity index (χ4v) is 2.28. The summed E-state index contributed by atoms with van der Waals surface area (Å²) in [4.78, 5) is 20.5. The lowest BCUT2D eigenvalue weighted by Crippen LogP contribution is -2.30. The summed E-state index contributed by atoms with van der Waals surface area (Å²) < 4.78 is 5.79. The number of likely N-dealkylation sites (N-methyl/N-ethyl adjacent to an activating group) is 1. The molecule has 2 heterocycles. The fourth-order valence-electron chi connectivity index (χ4n) is 2.28. The second kappa shape index (κ2) is 5.85. The van der Waals surface area contributed by atoms with Gasteiger partial charge < -0.3 is 10.1 Å². The molecule has 1 aromatic heterocycles. The van der Waals surface area contributed by atoms with Crippen molar-refractivity contribution in [2.24, 2.45) is 4.99 Å². The first-order valence-electron chi connectivity index (χ1n) is 6.74. The summed E-state index contributed by atoms with van der Waals surface area (Å²) in [7, 11) is 1.82. The van der Waals surface area contributed by atoms with Gasteiger partial charge in [-0.25, -0.2) is 9.98 Å². The number of hydrogen-bond acceptors (Lipinski definition) is 4. The van der Waals surface area contributed by atoms with Gasteiger partial charge in [0.2, 0.25) is 5.88 Å². The number of fused-ring (bicyclic) bond motifs is 1. The summed E-state index contributed by atoms with van der Waals surface area (Å²) in [5.41, 5.74) is 2.14. The Bertz CT molecular complexity index is 683. The van der Waals surface area contributed by atoms with Crippen LogP contribution in [0, 0.1) is 0 Å². The van der Waals surface area contributed by atoms with Crippen LogP contribution in [0.5, 0.6) is 5.88 Å². The molecular formula is C16H15N3O2. The highest BCUT2D eigenvalue weighted by Gasteiger charge is 2.24. The molecule has 1 unspecified atom stereocenters. The SMILES string of the molecule is CNCC1C=NC(=O)c2c(-c3ccccc3)ccnc2O1. The van der Waals surface area contributed by atoms with E-state index in [1.807, 2.05) is 43.4 Å². The summed E-state index contributed by atoms with van der Waals surface area (Å²) in [6.07, 6.45) is 2.87. The van der Waals surface area contributed by atoms with Crippen molar-refractivity contribution in [1.82, 2.24) is 10.3 Å². The van der Waals surface area contributed by atoms with Gasteiger partial charge in [0.1, 0.15) is 11.7 Å². The van der Waals surface area contributed by atoms with Gasteiger partial charge >= 0.3 is 0 Å². The zero-order chi connectivity index (χ0) is 14.7. The van der Waals surface area contributed by atoms with Gasteiger partial charge in [-0.1, -0.05) is 30.3 Å². The predicted octanol–water partition coefficient (Wildman–Crippen LogP) is 1.94. The van der Waals surface area contributed by atoms with Crippen molar-refractivity contribution in [2.45, 2.75) is 6.10 Å². The van der Waals surface area contributed by atoms with Gasteiger partial charge in [-0.3, -0.25) is 4.79 Å². The lowest BCUT2D eigenvalue weighted by Gasteiger charge is -2.14. The summed E-state index contributed by atoms with van der Waals surface area (Å²) in [5, 5.41) is 3.00. The highest BCUT2D eigenvalue weighted by molar-refractivity contribution is 6.07. The molecule has 5 heteroatoms. The number of nitrogens with one attached hydrogen (secondary N) is 1. The molecule has 1 aromatic carbocycles. The van der Waals surface area contributed by atoms with E-state index in [1.54, 1.807) is 6.20 Å². The van der Waals surface area contributed by atoms with Crippen LogP contribution in [0.1, 0.15) is 10.4 Å². The van der Waals surface area contributed by atoms with Gasteiger partial charge in [0.05, 0.1) is 6.21 Å². The number of nitrogens with zero attached hydrogens (tertiary/aromatic N) is 2. The molecule has 0 aliphatic carbocycles. The molecule has 0 spiro atoms. The maximum atomic E-state index is 12.3. The number of carbonyl (C=O) groups excluding carboxylic acids is 1. The average Bonchev–Trinajstić information content (AvgIpc) is 2.68. The number of hydrogen-bond donors (Lipinski definition) is 1. The van der Waals surface area contributed by atoms with Crippen LogP contribution in [0.15, 0.2) is 47.6 Å². The van der Waals surface area contributed by atoms with Crippen molar-refractivity contribution < 1.29 is 9.53 Å². The van der Waals surface area contributed by atoms with Gasteiger partial charge in [0, 0.05) is 18.3 Å². The molecular weight excluding hydrogens is 266 g/mol. The fraction of sp³-hybridized carbons (Fsp3) is 0.188. The number of carbonyl (C=O) groups is 1. The third-order valence-electron chi connectivity index (χ3n) is 3.24. The summed E-state index contributed by atoms with van der Waals surface area (Å²) in [6.45, 7) is 0.563. The highest BCUT2D eigenvalue weighted by atomic mass is 16.5. The Morgan fingerprint density at radius 3 is 2.81 bits per heavy atom. The molecule has 1 atom stereocenters. The van der Waals surface area contributed by atoms with Crippen molar-refractivity contribution >= 4 is 12.1 Å². The first kappa shape index (κ1) is 13.5. The molecule has 1 amide bonds. The molecule has 0 fully saturated rings. The summed E-state index contributed by atoms with van der Waals surface area (Å²) in [5.74, 6) is 0.00894. The van der Waals surface area contributed by atoms with Crippen LogP contribution in [-0.2, 0) is 0 Å². The monoisotopic (exact) mass is 281 g/mol. The standard InChI is InChI=1S/C16H15N3O2/c1-17-9-12-10-19-15(20)14-13(7-8-18-16(14)21-12)11-5-3-2-4-6-11/h2-8,10,12,17H,9H2,1H3. The number of rotatable bonds is 3. The Balaban J connectivity index is 2.10. The Kier molecular flexibility index (Phi) is 3.75. The van der Waals surface area contributed by atoms with Gasteiger partial charge in [0.15, 0.2) is 0 Å². The molecule has 1 N–H and O–H groups in total. The minimum Gasteiger partial charge on any atom is -0.467 e. The number of aromatic nitrogens is 1. The molecule has 0 bridgehead atoms. The number of pyridine rings is 1. The second-order valence-corrected chi connectivity index (χ2v) is 4.70. The van der Waals surface area contributed by atoms with Crippen LogP contribution in [0.25, 0.3) is 11.1 Å². The average molecular weight is 281 g/mol. The van der Waals surface area contributed by atoms with E-state index in [4.69, 9.17) is 4.74 Å². The second-order valence-electron chi connectivity index (χ2n) is 4.70.